The minimum Gasteiger partial charge on any atom is -0.507 e. The average molecular weight is 286 g/mol. The quantitative estimate of drug-likeness (QED) is 0.819. The molecule has 0 radical (unpaired) electrons. The van der Waals surface area contributed by atoms with E-state index in [1.54, 1.807) is 17.0 Å². The Balaban J connectivity index is 2.23. The molecule has 0 spiro atoms. The number of phenols is 1. The summed E-state index contributed by atoms with van der Waals surface area (Å²) >= 11 is 3.25. The largest absolute Gasteiger partial charge is 0.507 e. The number of aliphatic hydroxyl groups is 1. The van der Waals surface area contributed by atoms with Gasteiger partial charge in [-0.2, -0.15) is 0 Å². The van der Waals surface area contributed by atoms with Gasteiger partial charge >= 0.3 is 0 Å². The molecule has 1 aromatic rings. The molecule has 0 aromatic heterocycles. The van der Waals surface area contributed by atoms with Crippen molar-refractivity contribution in [2.45, 2.75) is 12.5 Å². The summed E-state index contributed by atoms with van der Waals surface area (Å²) in [6.07, 6.45) is 0.152. The smallest absolute Gasteiger partial charge is 0.257 e. The SMILES string of the molecule is O=C(c1cc(Br)ccc1O)N1CC[C@@H](O)C1. The predicted molar refractivity (Wildman–Crippen MR) is 62.3 cm³/mol. The van der Waals surface area contributed by atoms with Crippen LogP contribution in [-0.4, -0.2) is 40.2 Å². The molecule has 5 heteroatoms. The first-order valence-corrected chi connectivity index (χ1v) is 5.83. The first-order chi connectivity index (χ1) is 7.58. The van der Waals surface area contributed by atoms with Gasteiger partial charge in [0.1, 0.15) is 5.75 Å². The third kappa shape index (κ3) is 2.20. The van der Waals surface area contributed by atoms with Gasteiger partial charge in [-0.15, -0.1) is 0 Å². The van der Waals surface area contributed by atoms with Crippen LogP contribution in [-0.2, 0) is 0 Å². The Hall–Kier alpha value is -1.07. The number of nitrogens with zero attached hydrogens (tertiary/aromatic N) is 1. The second-order valence-electron chi connectivity index (χ2n) is 3.86. The molecule has 0 unspecified atom stereocenters. The molecular formula is C11H12BrNO3. The number of hydrogen-bond donors (Lipinski definition) is 2. The summed E-state index contributed by atoms with van der Waals surface area (Å²) in [7, 11) is 0. The number of aliphatic hydroxyl groups excluding tert-OH is 1. The Labute approximate surface area is 102 Å². The van der Waals surface area contributed by atoms with Crippen molar-refractivity contribution < 1.29 is 15.0 Å². The van der Waals surface area contributed by atoms with Gasteiger partial charge in [-0.05, 0) is 24.6 Å². The van der Waals surface area contributed by atoms with Crippen LogP contribution in [0.5, 0.6) is 5.75 Å². The zero-order valence-electron chi connectivity index (χ0n) is 8.56. The van der Waals surface area contributed by atoms with Crippen molar-refractivity contribution in [2.75, 3.05) is 13.1 Å². The van der Waals surface area contributed by atoms with E-state index in [0.29, 0.717) is 19.5 Å². The molecule has 86 valence electrons. The summed E-state index contributed by atoms with van der Waals surface area (Å²) in [6.45, 7) is 0.872. The van der Waals surface area contributed by atoms with Crippen LogP contribution in [0.1, 0.15) is 16.8 Å². The molecule has 0 aliphatic carbocycles. The number of carbonyl (C=O) groups excluding carboxylic acids is 1. The normalized spacial score (nSPS) is 20.1. The average Bonchev–Trinajstić information content (AvgIpc) is 2.67. The summed E-state index contributed by atoms with van der Waals surface area (Å²) in [6, 6.07) is 4.73. The van der Waals surface area contributed by atoms with Crippen LogP contribution in [0.2, 0.25) is 0 Å². The van der Waals surface area contributed by atoms with Crippen LogP contribution in [0, 0.1) is 0 Å². The Kier molecular flexibility index (Phi) is 3.16. The van der Waals surface area contributed by atoms with E-state index in [1.807, 2.05) is 0 Å². The van der Waals surface area contributed by atoms with Gasteiger partial charge in [-0.1, -0.05) is 15.9 Å². The third-order valence-electron chi connectivity index (χ3n) is 2.64. The van der Waals surface area contributed by atoms with Crippen LogP contribution >= 0.6 is 15.9 Å². The minimum absolute atomic E-state index is 0.0328. The van der Waals surface area contributed by atoms with Crippen LogP contribution in [0.4, 0.5) is 0 Å². The highest BCUT2D eigenvalue weighted by Crippen LogP contribution is 2.24. The number of hydrogen-bond acceptors (Lipinski definition) is 3. The number of carbonyl (C=O) groups is 1. The van der Waals surface area contributed by atoms with Gasteiger partial charge in [-0.25, -0.2) is 0 Å². The van der Waals surface area contributed by atoms with Crippen molar-refractivity contribution >= 4 is 21.8 Å². The van der Waals surface area contributed by atoms with Gasteiger partial charge < -0.3 is 15.1 Å². The van der Waals surface area contributed by atoms with E-state index in [0.717, 1.165) is 4.47 Å². The lowest BCUT2D eigenvalue weighted by atomic mass is 10.2. The van der Waals surface area contributed by atoms with Gasteiger partial charge in [0, 0.05) is 17.6 Å². The van der Waals surface area contributed by atoms with Gasteiger partial charge in [-0.3, -0.25) is 4.79 Å². The third-order valence-corrected chi connectivity index (χ3v) is 3.13. The second kappa shape index (κ2) is 4.43. The number of likely N-dealkylation sites (tertiary alicyclic amines) is 1. The summed E-state index contributed by atoms with van der Waals surface area (Å²) < 4.78 is 0.744. The lowest BCUT2D eigenvalue weighted by molar-refractivity contribution is 0.0762. The van der Waals surface area contributed by atoms with Crippen LogP contribution in [0.3, 0.4) is 0 Å². The number of rotatable bonds is 1. The van der Waals surface area contributed by atoms with Gasteiger partial charge in [0.15, 0.2) is 0 Å². The van der Waals surface area contributed by atoms with Crippen LogP contribution in [0.15, 0.2) is 22.7 Å². The van der Waals surface area contributed by atoms with Gasteiger partial charge in [0.05, 0.1) is 11.7 Å². The van der Waals surface area contributed by atoms with Crippen molar-refractivity contribution in [3.63, 3.8) is 0 Å². The fraction of sp³-hybridized carbons (Fsp3) is 0.364. The zero-order chi connectivity index (χ0) is 11.7. The van der Waals surface area contributed by atoms with E-state index < -0.39 is 6.10 Å². The van der Waals surface area contributed by atoms with Crippen molar-refractivity contribution in [2.24, 2.45) is 0 Å². The lowest BCUT2D eigenvalue weighted by Crippen LogP contribution is -2.29. The molecule has 1 aliphatic heterocycles. The summed E-state index contributed by atoms with van der Waals surface area (Å²) in [5, 5.41) is 19.0. The zero-order valence-corrected chi connectivity index (χ0v) is 10.1. The highest BCUT2D eigenvalue weighted by Gasteiger charge is 2.26. The number of phenolic OH excluding ortho intramolecular Hbond substituents is 1. The van der Waals surface area contributed by atoms with Crippen LogP contribution in [0.25, 0.3) is 0 Å². The van der Waals surface area contributed by atoms with Crippen LogP contribution < -0.4 is 0 Å². The van der Waals surface area contributed by atoms with E-state index in [9.17, 15) is 15.0 Å². The molecule has 1 amide bonds. The Morgan fingerprint density at radius 2 is 2.25 bits per heavy atom. The standard InChI is InChI=1S/C11H12BrNO3/c12-7-1-2-10(15)9(5-7)11(16)13-4-3-8(14)6-13/h1-2,5,8,14-15H,3-4,6H2/t8-/m1/s1. The molecule has 1 fully saturated rings. The minimum atomic E-state index is -0.446. The predicted octanol–water partition coefficient (Wildman–Crippen LogP) is 1.36. The van der Waals surface area contributed by atoms with Crippen molar-refractivity contribution in [1.82, 2.24) is 4.90 Å². The molecule has 1 atom stereocenters. The summed E-state index contributed by atoms with van der Waals surface area (Å²) in [5.41, 5.74) is 0.267. The molecule has 1 aromatic carbocycles. The number of aromatic hydroxyl groups is 1. The van der Waals surface area contributed by atoms with Crippen molar-refractivity contribution in [3.05, 3.63) is 28.2 Å². The maximum Gasteiger partial charge on any atom is 0.257 e. The molecule has 0 bridgehead atoms. The summed E-state index contributed by atoms with van der Waals surface area (Å²) in [5.74, 6) is -0.273. The molecule has 1 heterocycles. The molecule has 16 heavy (non-hydrogen) atoms. The first kappa shape index (κ1) is 11.4. The monoisotopic (exact) mass is 285 g/mol. The maximum absolute atomic E-state index is 12.0. The highest BCUT2D eigenvalue weighted by molar-refractivity contribution is 9.10. The Morgan fingerprint density at radius 3 is 2.88 bits per heavy atom. The number of amides is 1. The summed E-state index contributed by atoms with van der Waals surface area (Å²) in [4.78, 5) is 13.5. The van der Waals surface area contributed by atoms with E-state index in [-0.39, 0.29) is 17.2 Å². The molecule has 2 N–H and O–H groups in total. The fourth-order valence-corrected chi connectivity index (χ4v) is 2.14. The van der Waals surface area contributed by atoms with E-state index in [1.165, 1.54) is 6.07 Å². The second-order valence-corrected chi connectivity index (χ2v) is 4.77. The first-order valence-electron chi connectivity index (χ1n) is 5.04. The van der Waals surface area contributed by atoms with Crippen molar-refractivity contribution in [1.29, 1.82) is 0 Å². The van der Waals surface area contributed by atoms with Gasteiger partial charge in [0.25, 0.3) is 5.91 Å². The van der Waals surface area contributed by atoms with E-state index in [4.69, 9.17) is 0 Å². The molecule has 1 aliphatic rings. The highest BCUT2D eigenvalue weighted by atomic mass is 79.9. The number of β-amino-alcohol motifs (C(OH)–C–C–N with tert-alkyl or cyclic N) is 1. The molecule has 0 saturated carbocycles. The molecule has 1 saturated heterocycles. The maximum atomic E-state index is 12.0. The Bertz CT molecular complexity index is 422. The molecule has 4 nitrogen and oxygen atoms in total. The van der Waals surface area contributed by atoms with Crippen molar-refractivity contribution in [3.8, 4) is 5.75 Å². The van der Waals surface area contributed by atoms with E-state index in [2.05, 4.69) is 15.9 Å². The number of benzene rings is 1. The van der Waals surface area contributed by atoms with Gasteiger partial charge in [0.2, 0.25) is 0 Å². The van der Waals surface area contributed by atoms with E-state index >= 15 is 0 Å². The molecular weight excluding hydrogens is 274 g/mol. The fourth-order valence-electron chi connectivity index (χ4n) is 1.78. The number of halogens is 1. The Morgan fingerprint density at radius 1 is 1.50 bits per heavy atom. The lowest BCUT2D eigenvalue weighted by Gasteiger charge is -2.16. The topological polar surface area (TPSA) is 60.8 Å². The molecule has 2 rings (SSSR count).